The summed E-state index contributed by atoms with van der Waals surface area (Å²) in [5, 5.41) is 0.434. The molecule has 46 heavy (non-hydrogen) atoms. The SMILES string of the molecule is Cc1cc(C(F)(F)F)cc(N2C(=O)C[C@@H]3CN(CCCOC4CN(C(=O)/C=C/CN(C)C)C4)c4c(Cl)cccc4N(C)C(=O)[C@H]32)n1. The van der Waals surface area contributed by atoms with Crippen LogP contribution in [0.5, 0.6) is 0 Å². The average Bonchev–Trinajstić information content (AvgIpc) is 3.28. The molecule has 2 fully saturated rings. The third-order valence-corrected chi connectivity index (χ3v) is 8.75. The summed E-state index contributed by atoms with van der Waals surface area (Å²) in [6, 6.07) is 5.90. The number of aryl methyl sites for hydroxylation is 1. The van der Waals surface area contributed by atoms with E-state index in [1.54, 1.807) is 36.2 Å². The number of amides is 3. The maximum absolute atomic E-state index is 14.0. The lowest BCUT2D eigenvalue weighted by Crippen LogP contribution is -2.54. The van der Waals surface area contributed by atoms with E-state index in [4.69, 9.17) is 16.3 Å². The number of likely N-dealkylation sites (tertiary alicyclic amines) is 1. The lowest BCUT2D eigenvalue weighted by atomic mass is 9.95. The first-order chi connectivity index (χ1) is 21.7. The number of fused-ring (bicyclic) bond motifs is 2. The fraction of sp³-hybridized carbons (Fsp3) is 0.500. The van der Waals surface area contributed by atoms with Crippen LogP contribution in [0.3, 0.4) is 0 Å². The van der Waals surface area contributed by atoms with Gasteiger partial charge in [-0.05, 0) is 51.7 Å². The number of hydrogen-bond donors (Lipinski definition) is 0. The van der Waals surface area contributed by atoms with Gasteiger partial charge in [-0.15, -0.1) is 0 Å². The molecule has 0 spiro atoms. The number of nitrogens with zero attached hydrogens (tertiary/aromatic N) is 6. The largest absolute Gasteiger partial charge is 0.416 e. The molecule has 0 aliphatic carbocycles. The van der Waals surface area contributed by atoms with E-state index in [1.165, 1.54) is 11.8 Å². The summed E-state index contributed by atoms with van der Waals surface area (Å²) in [6.07, 6.45) is -0.744. The molecule has 3 aliphatic heterocycles. The van der Waals surface area contributed by atoms with Crippen LogP contribution >= 0.6 is 11.6 Å². The first kappa shape index (κ1) is 33.7. The molecule has 4 heterocycles. The van der Waals surface area contributed by atoms with Gasteiger partial charge < -0.3 is 24.3 Å². The Morgan fingerprint density at radius 1 is 1.17 bits per heavy atom. The highest BCUT2D eigenvalue weighted by molar-refractivity contribution is 6.34. The molecule has 10 nitrogen and oxygen atoms in total. The second-order valence-corrected chi connectivity index (χ2v) is 12.6. The van der Waals surface area contributed by atoms with Crippen LogP contribution in [0.4, 0.5) is 30.4 Å². The highest BCUT2D eigenvalue weighted by atomic mass is 35.5. The highest BCUT2D eigenvalue weighted by Crippen LogP contribution is 2.43. The number of pyridine rings is 1. The lowest BCUT2D eigenvalue weighted by molar-refractivity contribution is -0.139. The molecule has 5 rings (SSSR count). The van der Waals surface area contributed by atoms with Gasteiger partial charge in [0.2, 0.25) is 17.7 Å². The average molecular weight is 663 g/mol. The number of carbonyl (C=O) groups excluding carboxylic acids is 3. The molecule has 0 N–H and O–H groups in total. The van der Waals surface area contributed by atoms with Crippen molar-refractivity contribution in [2.45, 2.75) is 38.1 Å². The predicted molar refractivity (Wildman–Crippen MR) is 169 cm³/mol. The van der Waals surface area contributed by atoms with Crippen molar-refractivity contribution in [1.82, 2.24) is 14.8 Å². The molecule has 248 valence electrons. The number of rotatable bonds is 9. The van der Waals surface area contributed by atoms with Crippen molar-refractivity contribution in [1.29, 1.82) is 0 Å². The lowest BCUT2D eigenvalue weighted by Gasteiger charge is -2.40. The number of alkyl halides is 3. The molecule has 2 saturated heterocycles. The van der Waals surface area contributed by atoms with Gasteiger partial charge in [0.05, 0.1) is 28.1 Å². The monoisotopic (exact) mass is 662 g/mol. The number of hydrogen-bond acceptors (Lipinski definition) is 7. The molecule has 0 saturated carbocycles. The number of carbonyl (C=O) groups is 3. The molecule has 1 aromatic carbocycles. The maximum atomic E-state index is 14.0. The van der Waals surface area contributed by atoms with E-state index in [9.17, 15) is 27.6 Å². The number of halogens is 4. The molecule has 1 aromatic heterocycles. The van der Waals surface area contributed by atoms with Gasteiger partial charge in [0.15, 0.2) is 0 Å². The van der Waals surface area contributed by atoms with E-state index >= 15 is 0 Å². The number of para-hydroxylation sites is 1. The Labute approximate surface area is 271 Å². The maximum Gasteiger partial charge on any atom is 0.416 e. The van der Waals surface area contributed by atoms with Gasteiger partial charge in [0, 0.05) is 70.5 Å². The number of likely N-dealkylation sites (N-methyl/N-ethyl adjacent to an activating group) is 2. The molecule has 0 bridgehead atoms. The zero-order valence-corrected chi connectivity index (χ0v) is 27.0. The zero-order chi connectivity index (χ0) is 33.3. The first-order valence-corrected chi connectivity index (χ1v) is 15.5. The summed E-state index contributed by atoms with van der Waals surface area (Å²) in [4.78, 5) is 52.2. The molecule has 3 aliphatic rings. The molecule has 2 atom stereocenters. The van der Waals surface area contributed by atoms with Crippen LogP contribution in [-0.4, -0.2) is 105 Å². The Kier molecular flexibility index (Phi) is 9.95. The smallest absolute Gasteiger partial charge is 0.374 e. The van der Waals surface area contributed by atoms with Gasteiger partial charge in [0.25, 0.3) is 0 Å². The van der Waals surface area contributed by atoms with Crippen molar-refractivity contribution in [3.8, 4) is 0 Å². The van der Waals surface area contributed by atoms with Crippen LogP contribution in [0.2, 0.25) is 5.02 Å². The number of anilines is 3. The second-order valence-electron chi connectivity index (χ2n) is 12.2. The van der Waals surface area contributed by atoms with Crippen LogP contribution in [0.1, 0.15) is 24.1 Å². The van der Waals surface area contributed by atoms with Crippen LogP contribution in [0.15, 0.2) is 42.5 Å². The van der Waals surface area contributed by atoms with Gasteiger partial charge in [0.1, 0.15) is 11.9 Å². The zero-order valence-electron chi connectivity index (χ0n) is 26.3. The van der Waals surface area contributed by atoms with Gasteiger partial charge >= 0.3 is 6.18 Å². The summed E-state index contributed by atoms with van der Waals surface area (Å²) in [6.45, 7) is 4.31. The minimum atomic E-state index is -4.64. The van der Waals surface area contributed by atoms with E-state index in [0.29, 0.717) is 55.6 Å². The predicted octanol–water partition coefficient (Wildman–Crippen LogP) is 4.00. The number of aromatic nitrogens is 1. The van der Waals surface area contributed by atoms with Crippen molar-refractivity contribution in [2.24, 2.45) is 5.92 Å². The third-order valence-electron chi connectivity index (χ3n) is 8.44. The minimum Gasteiger partial charge on any atom is -0.374 e. The Morgan fingerprint density at radius 2 is 1.91 bits per heavy atom. The van der Waals surface area contributed by atoms with E-state index in [1.807, 2.05) is 30.0 Å². The van der Waals surface area contributed by atoms with E-state index in [-0.39, 0.29) is 36.5 Å². The molecule has 0 unspecified atom stereocenters. The Bertz CT molecular complexity index is 1510. The van der Waals surface area contributed by atoms with Gasteiger partial charge in [-0.25, -0.2) is 4.98 Å². The van der Waals surface area contributed by atoms with Crippen LogP contribution in [0.25, 0.3) is 0 Å². The Morgan fingerprint density at radius 3 is 2.61 bits per heavy atom. The van der Waals surface area contributed by atoms with E-state index in [0.717, 1.165) is 17.0 Å². The number of benzene rings is 1. The second kappa shape index (κ2) is 13.6. The van der Waals surface area contributed by atoms with Crippen LogP contribution in [0, 0.1) is 12.8 Å². The molecule has 3 amide bonds. The Hall–Kier alpha value is -3.68. The van der Waals surface area contributed by atoms with Crippen molar-refractivity contribution in [3.05, 3.63) is 58.8 Å². The van der Waals surface area contributed by atoms with Crippen LogP contribution < -0.4 is 14.7 Å². The van der Waals surface area contributed by atoms with Crippen molar-refractivity contribution >= 4 is 46.5 Å². The molecule has 14 heteroatoms. The summed E-state index contributed by atoms with van der Waals surface area (Å²) >= 11 is 6.69. The Balaban J connectivity index is 1.31. The molecule has 2 aromatic rings. The van der Waals surface area contributed by atoms with E-state index < -0.39 is 35.5 Å². The van der Waals surface area contributed by atoms with Crippen LogP contribution in [-0.2, 0) is 25.3 Å². The summed E-state index contributed by atoms with van der Waals surface area (Å²) in [5.74, 6) is -1.67. The quantitative estimate of drug-likeness (QED) is 0.296. The molecular formula is C32H38ClF3N6O4. The summed E-state index contributed by atoms with van der Waals surface area (Å²) < 4.78 is 47.0. The summed E-state index contributed by atoms with van der Waals surface area (Å²) in [7, 11) is 5.43. The topological polar surface area (TPSA) is 89.5 Å². The fourth-order valence-electron chi connectivity index (χ4n) is 6.17. The summed E-state index contributed by atoms with van der Waals surface area (Å²) in [5.41, 5.74) is 0.324. The van der Waals surface area contributed by atoms with Crippen molar-refractivity contribution in [3.63, 3.8) is 0 Å². The first-order valence-electron chi connectivity index (χ1n) is 15.2. The standard InChI is InChI=1S/C32H38ClF3N6O4/c1-20-14-22(32(34,35)36)16-26(37-20)42-28(44)15-21-17-40(30-24(33)8-5-9-25(30)39(4)31(45)29(21)42)12-7-13-46-23-18-41(19-23)27(43)10-6-11-38(2)3/h5-6,8-10,14,16,21,23,29H,7,11-13,15,17-19H2,1-4H3/b10-6+/t21-,29+/m1/s1. The number of ether oxygens (including phenoxy) is 1. The van der Waals surface area contributed by atoms with Crippen molar-refractivity contribution in [2.75, 3.05) is 75.2 Å². The minimum absolute atomic E-state index is 0.0388. The molecular weight excluding hydrogens is 625 g/mol. The van der Waals surface area contributed by atoms with Gasteiger partial charge in [-0.1, -0.05) is 23.7 Å². The van der Waals surface area contributed by atoms with Gasteiger partial charge in [-0.3, -0.25) is 19.3 Å². The van der Waals surface area contributed by atoms with Crippen molar-refractivity contribution < 1.29 is 32.3 Å². The van der Waals surface area contributed by atoms with E-state index in [2.05, 4.69) is 4.98 Å². The normalized spacial score (nSPS) is 20.7. The van der Waals surface area contributed by atoms with Gasteiger partial charge in [-0.2, -0.15) is 13.2 Å². The highest BCUT2D eigenvalue weighted by Gasteiger charge is 2.49. The molecule has 0 radical (unpaired) electrons. The fourth-order valence-corrected chi connectivity index (χ4v) is 6.46. The third kappa shape index (κ3) is 7.16.